The molecule has 1 heterocycles. The highest BCUT2D eigenvalue weighted by Gasteiger charge is 2.17. The van der Waals surface area contributed by atoms with E-state index in [4.69, 9.17) is 5.11 Å². The number of nitrogens with zero attached hydrogens (tertiary/aromatic N) is 1. The molecule has 1 atom stereocenters. The Hall–Kier alpha value is -1.07. The molecule has 0 saturated heterocycles. The molecule has 1 unspecified atom stereocenters. The van der Waals surface area contributed by atoms with Gasteiger partial charge in [-0.05, 0) is 29.7 Å². The maximum atomic E-state index is 10.7. The van der Waals surface area contributed by atoms with Crippen LogP contribution in [-0.4, -0.2) is 15.8 Å². The lowest BCUT2D eigenvalue weighted by molar-refractivity contribution is 0.0697. The zero-order valence-electron chi connectivity index (χ0n) is 7.70. The van der Waals surface area contributed by atoms with Crippen molar-refractivity contribution >= 4 is 36.0 Å². The van der Waals surface area contributed by atoms with Crippen LogP contribution in [0.5, 0.6) is 0 Å². The summed E-state index contributed by atoms with van der Waals surface area (Å²) in [6.07, 6.45) is 1.93. The number of anilines is 1. The maximum absolute atomic E-state index is 10.7. The van der Waals surface area contributed by atoms with Crippen molar-refractivity contribution in [1.82, 2.24) is 0 Å². The number of carboxylic acids is 1. The first-order chi connectivity index (χ1) is 7.18. The molecule has 0 fully saturated rings. The second-order valence-corrected chi connectivity index (χ2v) is 4.84. The minimum absolute atomic E-state index is 0.0701. The van der Waals surface area contributed by atoms with Crippen molar-refractivity contribution in [1.29, 1.82) is 0 Å². The van der Waals surface area contributed by atoms with Crippen LogP contribution in [0.15, 0.2) is 35.9 Å². The first-order valence-electron chi connectivity index (χ1n) is 4.30. The number of carbonyl (C=O) groups is 1. The summed E-state index contributed by atoms with van der Waals surface area (Å²) in [7, 11) is 0. The fraction of sp³-hybridized carbons (Fsp3) is 0.100. The molecule has 15 heavy (non-hydrogen) atoms. The Morgan fingerprint density at radius 3 is 2.53 bits per heavy atom. The van der Waals surface area contributed by atoms with Gasteiger partial charge in [-0.15, -0.1) is 12.6 Å². The average molecular weight is 239 g/mol. The van der Waals surface area contributed by atoms with Gasteiger partial charge in [0, 0.05) is 11.9 Å². The Balaban J connectivity index is 2.23. The number of aromatic carboxylic acids is 1. The van der Waals surface area contributed by atoms with Crippen molar-refractivity contribution < 1.29 is 9.90 Å². The lowest BCUT2D eigenvalue weighted by atomic mass is 10.2. The molecule has 1 aliphatic heterocycles. The predicted molar refractivity (Wildman–Crippen MR) is 65.4 cm³/mol. The standard InChI is InChI=1S/C10H9NO2S2/c12-9(13)7-1-3-8(4-2-7)11-5-6-15-10(11)14/h1-6,10,14H,(H,12,13). The summed E-state index contributed by atoms with van der Waals surface area (Å²) in [6.45, 7) is 0. The Bertz CT molecular complexity index is 402. The third-order valence-electron chi connectivity index (χ3n) is 2.07. The van der Waals surface area contributed by atoms with E-state index in [1.807, 2.05) is 16.5 Å². The van der Waals surface area contributed by atoms with Crippen LogP contribution in [0, 0.1) is 0 Å². The van der Waals surface area contributed by atoms with Gasteiger partial charge >= 0.3 is 5.97 Å². The normalized spacial score (nSPS) is 19.5. The molecule has 1 aliphatic rings. The molecule has 1 aromatic rings. The molecule has 2 rings (SSSR count). The first kappa shape index (κ1) is 10.4. The largest absolute Gasteiger partial charge is 0.478 e. The zero-order chi connectivity index (χ0) is 10.8. The smallest absolute Gasteiger partial charge is 0.335 e. The molecule has 0 spiro atoms. The van der Waals surface area contributed by atoms with E-state index in [9.17, 15) is 4.79 Å². The first-order valence-corrected chi connectivity index (χ1v) is 5.76. The minimum Gasteiger partial charge on any atom is -0.478 e. The molecule has 0 bridgehead atoms. The van der Waals surface area contributed by atoms with E-state index in [1.165, 1.54) is 0 Å². The molecule has 1 aromatic carbocycles. The van der Waals surface area contributed by atoms with Crippen LogP contribution in [0.4, 0.5) is 5.69 Å². The highest BCUT2D eigenvalue weighted by Crippen LogP contribution is 2.32. The molecule has 0 aromatic heterocycles. The third-order valence-corrected chi connectivity index (χ3v) is 3.44. The van der Waals surface area contributed by atoms with E-state index in [-0.39, 0.29) is 4.71 Å². The molecule has 0 saturated carbocycles. The average Bonchev–Trinajstić information content (AvgIpc) is 2.65. The number of hydrogen-bond donors (Lipinski definition) is 2. The van der Waals surface area contributed by atoms with E-state index < -0.39 is 5.97 Å². The van der Waals surface area contributed by atoms with Crippen LogP contribution in [0.1, 0.15) is 10.4 Å². The monoisotopic (exact) mass is 239 g/mol. The summed E-state index contributed by atoms with van der Waals surface area (Å²) in [5, 5.41) is 10.7. The quantitative estimate of drug-likeness (QED) is 0.778. The van der Waals surface area contributed by atoms with Crippen LogP contribution >= 0.6 is 24.4 Å². The highest BCUT2D eigenvalue weighted by molar-refractivity contribution is 8.12. The summed E-state index contributed by atoms with van der Waals surface area (Å²) >= 11 is 5.98. The number of hydrogen-bond acceptors (Lipinski definition) is 4. The van der Waals surface area contributed by atoms with Crippen molar-refractivity contribution in [2.75, 3.05) is 4.90 Å². The molecule has 0 radical (unpaired) electrons. The van der Waals surface area contributed by atoms with Gasteiger partial charge in [-0.1, -0.05) is 11.8 Å². The Kier molecular flexibility index (Phi) is 2.93. The van der Waals surface area contributed by atoms with Gasteiger partial charge in [0.1, 0.15) is 4.71 Å². The van der Waals surface area contributed by atoms with Crippen molar-refractivity contribution in [3.05, 3.63) is 41.4 Å². The SMILES string of the molecule is O=C(O)c1ccc(N2C=CSC2S)cc1. The zero-order valence-corrected chi connectivity index (χ0v) is 9.41. The van der Waals surface area contributed by atoms with E-state index in [0.717, 1.165) is 5.69 Å². The maximum Gasteiger partial charge on any atom is 0.335 e. The van der Waals surface area contributed by atoms with Crippen LogP contribution < -0.4 is 4.90 Å². The topological polar surface area (TPSA) is 40.5 Å². The molecular weight excluding hydrogens is 230 g/mol. The molecule has 1 N–H and O–H groups in total. The van der Waals surface area contributed by atoms with Crippen molar-refractivity contribution in [3.8, 4) is 0 Å². The van der Waals surface area contributed by atoms with E-state index >= 15 is 0 Å². The van der Waals surface area contributed by atoms with Crippen LogP contribution in [0.25, 0.3) is 0 Å². The summed E-state index contributed by atoms with van der Waals surface area (Å²) in [4.78, 5) is 12.6. The van der Waals surface area contributed by atoms with Crippen molar-refractivity contribution in [2.24, 2.45) is 0 Å². The summed E-state index contributed by atoms with van der Waals surface area (Å²) in [5.74, 6) is -0.907. The number of rotatable bonds is 2. The molecule has 0 aliphatic carbocycles. The van der Waals surface area contributed by atoms with Gasteiger partial charge in [0.05, 0.1) is 5.56 Å². The van der Waals surface area contributed by atoms with Gasteiger partial charge in [0.2, 0.25) is 0 Å². The predicted octanol–water partition coefficient (Wildman–Crippen LogP) is 2.62. The minimum atomic E-state index is -0.907. The van der Waals surface area contributed by atoms with Gasteiger partial charge in [-0.25, -0.2) is 4.79 Å². The lowest BCUT2D eigenvalue weighted by Gasteiger charge is -2.20. The number of thioether (sulfide) groups is 1. The Morgan fingerprint density at radius 2 is 2.07 bits per heavy atom. The molecule has 5 heteroatoms. The van der Waals surface area contributed by atoms with Gasteiger partial charge in [0.15, 0.2) is 0 Å². The van der Waals surface area contributed by atoms with Crippen LogP contribution in [-0.2, 0) is 0 Å². The van der Waals surface area contributed by atoms with Gasteiger partial charge in [0.25, 0.3) is 0 Å². The number of thiol groups is 1. The summed E-state index contributed by atoms with van der Waals surface area (Å²) in [6, 6.07) is 6.75. The molecule has 3 nitrogen and oxygen atoms in total. The van der Waals surface area contributed by atoms with E-state index in [2.05, 4.69) is 12.6 Å². The fourth-order valence-electron chi connectivity index (χ4n) is 1.30. The third kappa shape index (κ3) is 2.13. The Morgan fingerprint density at radius 1 is 1.40 bits per heavy atom. The van der Waals surface area contributed by atoms with Crippen LogP contribution in [0.2, 0.25) is 0 Å². The van der Waals surface area contributed by atoms with Crippen molar-refractivity contribution in [2.45, 2.75) is 4.71 Å². The van der Waals surface area contributed by atoms with Crippen molar-refractivity contribution in [3.63, 3.8) is 0 Å². The highest BCUT2D eigenvalue weighted by atomic mass is 32.2. The summed E-state index contributed by atoms with van der Waals surface area (Å²) in [5.41, 5.74) is 1.24. The second kappa shape index (κ2) is 4.20. The van der Waals surface area contributed by atoms with Crippen LogP contribution in [0.3, 0.4) is 0 Å². The Labute approximate surface area is 97.2 Å². The fourth-order valence-corrected chi connectivity index (χ4v) is 2.39. The number of benzene rings is 1. The second-order valence-electron chi connectivity index (χ2n) is 3.01. The van der Waals surface area contributed by atoms with Gasteiger partial charge < -0.3 is 10.0 Å². The van der Waals surface area contributed by atoms with E-state index in [0.29, 0.717) is 5.56 Å². The molecular formula is C10H9NO2S2. The number of carboxylic acid groups (broad SMARTS) is 1. The van der Waals surface area contributed by atoms with E-state index in [1.54, 1.807) is 36.0 Å². The lowest BCUT2D eigenvalue weighted by Crippen LogP contribution is -2.18. The van der Waals surface area contributed by atoms with Gasteiger partial charge in [-0.3, -0.25) is 0 Å². The molecule has 0 amide bonds. The summed E-state index contributed by atoms with van der Waals surface area (Å²) < 4.78 is 0.0701. The van der Waals surface area contributed by atoms with Gasteiger partial charge in [-0.2, -0.15) is 0 Å². The molecule has 78 valence electrons.